The average Bonchev–Trinajstić information content (AvgIpc) is 2.40. The monoisotopic (exact) mass is 194 g/mol. The molecule has 72 valence electrons. The van der Waals surface area contributed by atoms with Gasteiger partial charge in [0.15, 0.2) is 0 Å². The Kier molecular flexibility index (Phi) is 5.84. The van der Waals surface area contributed by atoms with E-state index in [1.165, 1.54) is 0 Å². The number of alkyl carbamates (subject to hydrolysis) is 1. The third-order valence-corrected chi connectivity index (χ3v) is 1.66. The fraction of sp³-hybridized carbons (Fsp3) is 0.857. The SMILES string of the molecule is CCOC(=O)N[C@H]1CCNC1.Cl. The van der Waals surface area contributed by atoms with Crippen LogP contribution in [0.3, 0.4) is 0 Å². The maximum absolute atomic E-state index is 10.8. The molecule has 1 rings (SSSR count). The van der Waals surface area contributed by atoms with Gasteiger partial charge in [-0.25, -0.2) is 4.79 Å². The van der Waals surface area contributed by atoms with E-state index in [2.05, 4.69) is 10.6 Å². The first-order chi connectivity index (χ1) is 5.33. The molecular weight excluding hydrogens is 180 g/mol. The van der Waals surface area contributed by atoms with E-state index < -0.39 is 0 Å². The molecule has 1 fully saturated rings. The standard InChI is InChI=1S/C7H14N2O2.ClH/c1-2-11-7(10)9-6-3-4-8-5-6;/h6,8H,2-5H2,1H3,(H,9,10);1H/t6-;/m0./s1. The van der Waals surface area contributed by atoms with Gasteiger partial charge in [0, 0.05) is 12.6 Å². The van der Waals surface area contributed by atoms with Crippen molar-refractivity contribution in [2.75, 3.05) is 19.7 Å². The summed E-state index contributed by atoms with van der Waals surface area (Å²) in [6.07, 6.45) is 0.694. The Labute approximate surface area is 78.5 Å². The maximum Gasteiger partial charge on any atom is 0.407 e. The van der Waals surface area contributed by atoms with E-state index in [0.29, 0.717) is 6.61 Å². The zero-order chi connectivity index (χ0) is 8.10. The Morgan fingerprint density at radius 3 is 3.00 bits per heavy atom. The predicted octanol–water partition coefficient (Wildman–Crippen LogP) is 0.516. The fourth-order valence-electron chi connectivity index (χ4n) is 1.12. The minimum atomic E-state index is -0.304. The van der Waals surface area contributed by atoms with E-state index in [4.69, 9.17) is 4.74 Å². The van der Waals surface area contributed by atoms with Gasteiger partial charge in [-0.2, -0.15) is 0 Å². The maximum atomic E-state index is 10.8. The lowest BCUT2D eigenvalue weighted by atomic mass is 10.3. The smallest absolute Gasteiger partial charge is 0.407 e. The number of amides is 1. The summed E-state index contributed by atoms with van der Waals surface area (Å²) in [5, 5.41) is 5.91. The fourth-order valence-corrected chi connectivity index (χ4v) is 1.12. The molecule has 0 aliphatic carbocycles. The number of halogens is 1. The van der Waals surface area contributed by atoms with E-state index in [0.717, 1.165) is 19.5 Å². The van der Waals surface area contributed by atoms with Crippen molar-refractivity contribution in [1.29, 1.82) is 0 Å². The Balaban J connectivity index is 0.00000121. The normalized spacial score (nSPS) is 21.2. The molecule has 12 heavy (non-hydrogen) atoms. The molecule has 0 saturated carbocycles. The molecule has 1 heterocycles. The minimum absolute atomic E-state index is 0. The second kappa shape index (κ2) is 6.08. The van der Waals surface area contributed by atoms with Crippen molar-refractivity contribution in [1.82, 2.24) is 10.6 Å². The molecule has 0 unspecified atom stereocenters. The van der Waals surface area contributed by atoms with Crippen LogP contribution in [0.2, 0.25) is 0 Å². The third-order valence-electron chi connectivity index (χ3n) is 1.66. The van der Waals surface area contributed by atoms with Gasteiger partial charge in [0.05, 0.1) is 6.61 Å². The summed E-state index contributed by atoms with van der Waals surface area (Å²) in [7, 11) is 0. The van der Waals surface area contributed by atoms with Crippen LogP contribution in [0.4, 0.5) is 4.79 Å². The quantitative estimate of drug-likeness (QED) is 0.674. The van der Waals surface area contributed by atoms with Crippen LogP contribution in [0.1, 0.15) is 13.3 Å². The number of hydrogen-bond donors (Lipinski definition) is 2. The van der Waals surface area contributed by atoms with Crippen molar-refractivity contribution >= 4 is 18.5 Å². The number of carbonyl (C=O) groups is 1. The van der Waals surface area contributed by atoms with Gasteiger partial charge >= 0.3 is 6.09 Å². The van der Waals surface area contributed by atoms with E-state index in [1.807, 2.05) is 0 Å². The summed E-state index contributed by atoms with van der Waals surface area (Å²) in [6, 6.07) is 0.258. The summed E-state index contributed by atoms with van der Waals surface area (Å²) in [4.78, 5) is 10.8. The Hall–Kier alpha value is -0.480. The molecule has 0 aromatic rings. The van der Waals surface area contributed by atoms with Gasteiger partial charge < -0.3 is 15.4 Å². The molecule has 4 nitrogen and oxygen atoms in total. The van der Waals surface area contributed by atoms with Crippen molar-refractivity contribution in [2.24, 2.45) is 0 Å². The molecule has 1 saturated heterocycles. The lowest BCUT2D eigenvalue weighted by Gasteiger charge is -2.09. The van der Waals surface area contributed by atoms with Crippen LogP contribution >= 0.6 is 12.4 Å². The first kappa shape index (κ1) is 11.5. The lowest BCUT2D eigenvalue weighted by molar-refractivity contribution is 0.149. The van der Waals surface area contributed by atoms with E-state index in [1.54, 1.807) is 6.92 Å². The van der Waals surface area contributed by atoms with Gasteiger partial charge in [-0.1, -0.05) is 0 Å². The molecule has 0 radical (unpaired) electrons. The average molecular weight is 195 g/mol. The van der Waals surface area contributed by atoms with Crippen LogP contribution in [-0.4, -0.2) is 31.8 Å². The van der Waals surface area contributed by atoms with Crippen LogP contribution in [-0.2, 0) is 4.74 Å². The topological polar surface area (TPSA) is 50.4 Å². The zero-order valence-corrected chi connectivity index (χ0v) is 7.95. The molecule has 0 aromatic heterocycles. The van der Waals surface area contributed by atoms with Crippen LogP contribution < -0.4 is 10.6 Å². The Morgan fingerprint density at radius 1 is 1.75 bits per heavy atom. The van der Waals surface area contributed by atoms with Crippen molar-refractivity contribution < 1.29 is 9.53 Å². The van der Waals surface area contributed by atoms with Gasteiger partial charge in [-0.3, -0.25) is 0 Å². The number of hydrogen-bond acceptors (Lipinski definition) is 3. The molecule has 1 amide bonds. The van der Waals surface area contributed by atoms with Crippen molar-refractivity contribution in [3.05, 3.63) is 0 Å². The molecule has 0 bridgehead atoms. The van der Waals surface area contributed by atoms with Crippen molar-refractivity contribution in [3.63, 3.8) is 0 Å². The number of carbonyl (C=O) groups excluding carboxylic acids is 1. The zero-order valence-electron chi connectivity index (χ0n) is 7.13. The van der Waals surface area contributed by atoms with Gasteiger partial charge in [-0.15, -0.1) is 12.4 Å². The molecule has 0 spiro atoms. The van der Waals surface area contributed by atoms with E-state index in [-0.39, 0.29) is 24.5 Å². The summed E-state index contributed by atoms with van der Waals surface area (Å²) in [5.74, 6) is 0. The van der Waals surface area contributed by atoms with Crippen LogP contribution in [0, 0.1) is 0 Å². The molecule has 2 N–H and O–H groups in total. The highest BCUT2D eigenvalue weighted by molar-refractivity contribution is 5.85. The van der Waals surface area contributed by atoms with Gasteiger partial charge in [0.2, 0.25) is 0 Å². The van der Waals surface area contributed by atoms with Crippen LogP contribution in [0.5, 0.6) is 0 Å². The highest BCUT2D eigenvalue weighted by Gasteiger charge is 2.16. The Bertz CT molecular complexity index is 137. The first-order valence-corrected chi connectivity index (χ1v) is 3.97. The lowest BCUT2D eigenvalue weighted by Crippen LogP contribution is -2.36. The molecule has 5 heteroatoms. The van der Waals surface area contributed by atoms with Crippen molar-refractivity contribution in [3.8, 4) is 0 Å². The Morgan fingerprint density at radius 2 is 2.50 bits per heavy atom. The molecule has 1 aliphatic rings. The third kappa shape index (κ3) is 3.78. The predicted molar refractivity (Wildman–Crippen MR) is 48.7 cm³/mol. The summed E-state index contributed by atoms with van der Waals surface area (Å²) < 4.78 is 4.73. The largest absolute Gasteiger partial charge is 0.450 e. The number of ether oxygens (including phenoxy) is 1. The van der Waals surface area contributed by atoms with E-state index >= 15 is 0 Å². The molecule has 0 aromatic carbocycles. The van der Waals surface area contributed by atoms with Gasteiger partial charge in [0.25, 0.3) is 0 Å². The first-order valence-electron chi connectivity index (χ1n) is 3.97. The van der Waals surface area contributed by atoms with E-state index in [9.17, 15) is 4.79 Å². The highest BCUT2D eigenvalue weighted by atomic mass is 35.5. The molecular formula is C7H15ClN2O2. The number of nitrogens with one attached hydrogen (secondary N) is 2. The van der Waals surface area contributed by atoms with Crippen LogP contribution in [0.15, 0.2) is 0 Å². The minimum Gasteiger partial charge on any atom is -0.450 e. The summed E-state index contributed by atoms with van der Waals surface area (Å²) in [6.45, 7) is 4.08. The highest BCUT2D eigenvalue weighted by Crippen LogP contribution is 1.96. The summed E-state index contributed by atoms with van der Waals surface area (Å²) >= 11 is 0. The van der Waals surface area contributed by atoms with Crippen LogP contribution in [0.25, 0.3) is 0 Å². The van der Waals surface area contributed by atoms with Crippen molar-refractivity contribution in [2.45, 2.75) is 19.4 Å². The second-order valence-electron chi connectivity index (χ2n) is 2.55. The second-order valence-corrected chi connectivity index (χ2v) is 2.55. The summed E-state index contributed by atoms with van der Waals surface area (Å²) in [5.41, 5.74) is 0. The van der Waals surface area contributed by atoms with Gasteiger partial charge in [0.1, 0.15) is 0 Å². The molecule has 1 atom stereocenters. The van der Waals surface area contributed by atoms with Gasteiger partial charge in [-0.05, 0) is 19.9 Å². The number of rotatable bonds is 2. The molecule has 1 aliphatic heterocycles.